The Labute approximate surface area is 228 Å². The first-order valence-electron chi connectivity index (χ1n) is 12.6. The lowest BCUT2D eigenvalue weighted by Crippen LogP contribution is -2.51. The van der Waals surface area contributed by atoms with Gasteiger partial charge in [0.2, 0.25) is 5.91 Å². The van der Waals surface area contributed by atoms with Gasteiger partial charge in [0, 0.05) is 32.6 Å². The Morgan fingerprint density at radius 3 is 2.18 bits per heavy atom. The molecule has 9 heteroatoms. The molecule has 0 radical (unpaired) electrons. The first-order valence-corrected chi connectivity index (χ1v) is 12.6. The quantitative estimate of drug-likeness (QED) is 0.202. The third-order valence-corrected chi connectivity index (χ3v) is 6.00. The van der Waals surface area contributed by atoms with Crippen LogP contribution < -0.4 is 20.1 Å². The van der Waals surface area contributed by atoms with Gasteiger partial charge < -0.3 is 30.0 Å². The lowest BCUT2D eigenvalue weighted by molar-refractivity contribution is -0.132. The molecule has 2 amide bonds. The van der Waals surface area contributed by atoms with Crippen LogP contribution >= 0.6 is 0 Å². The lowest BCUT2D eigenvalue weighted by Gasteiger charge is -2.24. The minimum absolute atomic E-state index is 0.0562. The minimum Gasteiger partial charge on any atom is -0.497 e. The third-order valence-electron chi connectivity index (χ3n) is 6.00. The first-order chi connectivity index (χ1) is 18.9. The number of hydrogen-bond donors (Lipinski definition) is 3. The van der Waals surface area contributed by atoms with E-state index in [1.807, 2.05) is 60.7 Å². The number of amides is 2. The van der Waals surface area contributed by atoms with E-state index in [4.69, 9.17) is 14.2 Å². The molecule has 3 aromatic carbocycles. The molecule has 0 unspecified atom stereocenters. The standard InChI is InChI=1S/C30H34N2O7/c1-37-20-39-27-18-23(38-2)13-14-24(27)26(33)15-16-28(34)32-25(17-21-9-5-3-6-10-21)29(35)30(36)31-19-22-11-7-4-8-12-22/h3-14,18,25,29,35H,15-17,19-20H2,1-2H3,(H,31,36)(H,32,34)/t25-,29+/m0/s1. The van der Waals surface area contributed by atoms with E-state index in [2.05, 4.69) is 10.6 Å². The van der Waals surface area contributed by atoms with E-state index in [1.54, 1.807) is 18.2 Å². The number of nitrogens with one attached hydrogen (secondary N) is 2. The van der Waals surface area contributed by atoms with Crippen LogP contribution in [0.5, 0.6) is 11.5 Å². The van der Waals surface area contributed by atoms with Gasteiger partial charge in [-0.1, -0.05) is 60.7 Å². The molecule has 3 N–H and O–H groups in total. The average molecular weight is 535 g/mol. The van der Waals surface area contributed by atoms with E-state index in [0.29, 0.717) is 11.3 Å². The van der Waals surface area contributed by atoms with Crippen LogP contribution in [0, 0.1) is 0 Å². The van der Waals surface area contributed by atoms with Crippen molar-refractivity contribution in [2.24, 2.45) is 0 Å². The topological polar surface area (TPSA) is 123 Å². The second kappa shape index (κ2) is 15.3. The normalized spacial score (nSPS) is 12.2. The van der Waals surface area contributed by atoms with Crippen molar-refractivity contribution in [2.75, 3.05) is 21.0 Å². The van der Waals surface area contributed by atoms with Gasteiger partial charge >= 0.3 is 0 Å². The van der Waals surface area contributed by atoms with Gasteiger partial charge in [0.1, 0.15) is 11.5 Å². The van der Waals surface area contributed by atoms with Gasteiger partial charge in [-0.15, -0.1) is 0 Å². The third kappa shape index (κ3) is 9.24. The van der Waals surface area contributed by atoms with Gasteiger partial charge in [0.25, 0.3) is 5.91 Å². The van der Waals surface area contributed by atoms with Crippen molar-refractivity contribution in [3.05, 3.63) is 95.6 Å². The molecule has 0 spiro atoms. The van der Waals surface area contributed by atoms with E-state index in [-0.39, 0.29) is 44.1 Å². The fraction of sp³-hybridized carbons (Fsp3) is 0.300. The Kier molecular flexibility index (Phi) is 11.5. The van der Waals surface area contributed by atoms with Crippen LogP contribution in [0.1, 0.15) is 34.3 Å². The molecule has 9 nitrogen and oxygen atoms in total. The average Bonchev–Trinajstić information content (AvgIpc) is 2.97. The molecule has 0 aromatic heterocycles. The van der Waals surface area contributed by atoms with E-state index in [9.17, 15) is 19.5 Å². The summed E-state index contributed by atoms with van der Waals surface area (Å²) in [5.74, 6) is -0.575. The van der Waals surface area contributed by atoms with Gasteiger partial charge in [0.15, 0.2) is 18.7 Å². The molecule has 0 aliphatic heterocycles. The monoisotopic (exact) mass is 534 g/mol. The Bertz CT molecular complexity index is 1220. The van der Waals surface area contributed by atoms with E-state index < -0.39 is 24.0 Å². The second-order valence-electron chi connectivity index (χ2n) is 8.85. The molecule has 0 saturated carbocycles. The predicted molar refractivity (Wildman–Crippen MR) is 145 cm³/mol. The first kappa shape index (κ1) is 29.3. The Morgan fingerprint density at radius 1 is 0.872 bits per heavy atom. The highest BCUT2D eigenvalue weighted by molar-refractivity contribution is 6.00. The number of aliphatic hydroxyl groups excluding tert-OH is 1. The zero-order valence-corrected chi connectivity index (χ0v) is 22.1. The Morgan fingerprint density at radius 2 is 1.54 bits per heavy atom. The fourth-order valence-electron chi connectivity index (χ4n) is 3.92. The van der Waals surface area contributed by atoms with Crippen molar-refractivity contribution in [2.45, 2.75) is 38.0 Å². The van der Waals surface area contributed by atoms with E-state index in [1.165, 1.54) is 14.2 Å². The molecule has 3 aromatic rings. The zero-order chi connectivity index (χ0) is 28.0. The molecule has 0 aliphatic rings. The smallest absolute Gasteiger partial charge is 0.251 e. The van der Waals surface area contributed by atoms with Crippen molar-refractivity contribution in [3.8, 4) is 11.5 Å². The number of ether oxygens (including phenoxy) is 3. The summed E-state index contributed by atoms with van der Waals surface area (Å²) in [5, 5.41) is 16.3. The number of carbonyl (C=O) groups excluding carboxylic acids is 3. The largest absolute Gasteiger partial charge is 0.497 e. The summed E-state index contributed by atoms with van der Waals surface area (Å²) in [6, 6.07) is 22.4. The summed E-state index contributed by atoms with van der Waals surface area (Å²) in [5.41, 5.74) is 2.02. The van der Waals surface area contributed by atoms with Crippen molar-refractivity contribution in [3.63, 3.8) is 0 Å². The maximum Gasteiger partial charge on any atom is 0.251 e. The SMILES string of the molecule is COCOc1cc(OC)ccc1C(=O)CCC(=O)N[C@@H](Cc1ccccc1)[C@@H](O)C(=O)NCc1ccccc1. The summed E-state index contributed by atoms with van der Waals surface area (Å²) in [4.78, 5) is 38.5. The number of aliphatic hydroxyl groups is 1. The number of Topliss-reactive ketones (excluding diaryl/α,β-unsaturated/α-hetero) is 1. The van der Waals surface area contributed by atoms with Crippen LogP contribution in [0.25, 0.3) is 0 Å². The van der Waals surface area contributed by atoms with Crippen molar-refractivity contribution >= 4 is 17.6 Å². The molecule has 0 bridgehead atoms. The second-order valence-corrected chi connectivity index (χ2v) is 8.85. The van der Waals surface area contributed by atoms with Gasteiger partial charge in [0.05, 0.1) is 18.7 Å². The van der Waals surface area contributed by atoms with Crippen molar-refractivity contribution in [1.82, 2.24) is 10.6 Å². The molecule has 0 aliphatic carbocycles. The van der Waals surface area contributed by atoms with Crippen LogP contribution in [0.2, 0.25) is 0 Å². The molecule has 0 saturated heterocycles. The highest BCUT2D eigenvalue weighted by Crippen LogP contribution is 2.26. The molecule has 2 atom stereocenters. The van der Waals surface area contributed by atoms with Crippen LogP contribution in [-0.2, 0) is 27.3 Å². The summed E-state index contributed by atoms with van der Waals surface area (Å²) in [6.07, 6.45) is -1.51. The summed E-state index contributed by atoms with van der Waals surface area (Å²) >= 11 is 0. The summed E-state index contributed by atoms with van der Waals surface area (Å²) < 4.78 is 15.6. The molecule has 39 heavy (non-hydrogen) atoms. The van der Waals surface area contributed by atoms with Crippen LogP contribution in [-0.4, -0.2) is 55.9 Å². The van der Waals surface area contributed by atoms with Crippen molar-refractivity contribution < 1.29 is 33.7 Å². The maximum atomic E-state index is 12.9. The number of benzene rings is 3. The fourth-order valence-corrected chi connectivity index (χ4v) is 3.92. The molecular weight excluding hydrogens is 500 g/mol. The molecule has 3 rings (SSSR count). The number of hydrogen-bond acceptors (Lipinski definition) is 7. The van der Waals surface area contributed by atoms with Crippen LogP contribution in [0.3, 0.4) is 0 Å². The minimum atomic E-state index is -1.50. The number of carbonyl (C=O) groups is 3. The summed E-state index contributed by atoms with van der Waals surface area (Å²) in [6.45, 7) is 0.186. The Hall–Kier alpha value is -4.21. The Balaban J connectivity index is 1.64. The zero-order valence-electron chi connectivity index (χ0n) is 22.1. The van der Waals surface area contributed by atoms with Crippen molar-refractivity contribution in [1.29, 1.82) is 0 Å². The van der Waals surface area contributed by atoms with E-state index >= 15 is 0 Å². The highest BCUT2D eigenvalue weighted by Gasteiger charge is 2.28. The highest BCUT2D eigenvalue weighted by atomic mass is 16.7. The number of methoxy groups -OCH3 is 2. The van der Waals surface area contributed by atoms with Crippen LogP contribution in [0.15, 0.2) is 78.9 Å². The van der Waals surface area contributed by atoms with Gasteiger partial charge in [-0.2, -0.15) is 0 Å². The maximum absolute atomic E-state index is 12.9. The predicted octanol–water partition coefficient (Wildman–Crippen LogP) is 3.05. The van der Waals surface area contributed by atoms with Crippen LogP contribution in [0.4, 0.5) is 0 Å². The van der Waals surface area contributed by atoms with Gasteiger partial charge in [-0.3, -0.25) is 14.4 Å². The molecule has 0 fully saturated rings. The lowest BCUT2D eigenvalue weighted by atomic mass is 9.99. The number of rotatable bonds is 15. The van der Waals surface area contributed by atoms with E-state index in [0.717, 1.165) is 11.1 Å². The van der Waals surface area contributed by atoms with Gasteiger partial charge in [-0.05, 0) is 29.7 Å². The molecule has 206 valence electrons. The van der Waals surface area contributed by atoms with Gasteiger partial charge in [-0.25, -0.2) is 0 Å². The molecular formula is C30H34N2O7. The molecule has 0 heterocycles. The number of ketones is 1. The summed E-state index contributed by atoms with van der Waals surface area (Å²) in [7, 11) is 2.97.